The molecule has 4 nitrogen and oxygen atoms in total. The van der Waals surface area contributed by atoms with E-state index in [9.17, 15) is 4.79 Å². The topological polar surface area (TPSA) is 41.6 Å². The summed E-state index contributed by atoms with van der Waals surface area (Å²) in [4.78, 5) is 14.8. The minimum Gasteiger partial charge on any atom is -0.356 e. The van der Waals surface area contributed by atoms with Crippen LogP contribution in [0.3, 0.4) is 0 Å². The summed E-state index contributed by atoms with van der Waals surface area (Å²) in [5.74, 6) is 1.27. The van der Waals surface area contributed by atoms with Crippen molar-refractivity contribution < 1.29 is 9.53 Å². The maximum Gasteiger partial charge on any atom is 0.320 e. The first kappa shape index (κ1) is 12.9. The van der Waals surface area contributed by atoms with E-state index in [2.05, 4.69) is 10.2 Å². The number of carbonyl (C=O) groups excluding carboxylic acids is 1. The van der Waals surface area contributed by atoms with Crippen molar-refractivity contribution >= 4 is 6.03 Å². The maximum absolute atomic E-state index is 12.6. The van der Waals surface area contributed by atoms with Crippen LogP contribution in [0.4, 0.5) is 4.79 Å². The van der Waals surface area contributed by atoms with E-state index in [-0.39, 0.29) is 12.3 Å². The summed E-state index contributed by atoms with van der Waals surface area (Å²) in [6.07, 6.45) is 11.3. The van der Waals surface area contributed by atoms with E-state index in [1.54, 1.807) is 0 Å². The van der Waals surface area contributed by atoms with Gasteiger partial charge in [-0.15, -0.1) is 0 Å². The van der Waals surface area contributed by atoms with Crippen LogP contribution in [0.25, 0.3) is 0 Å². The summed E-state index contributed by atoms with van der Waals surface area (Å²) in [5, 5.41) is 3.20. The molecule has 2 aliphatic heterocycles. The van der Waals surface area contributed by atoms with Crippen LogP contribution in [0, 0.1) is 11.8 Å². The zero-order valence-electron chi connectivity index (χ0n) is 12.2. The lowest BCUT2D eigenvalue weighted by molar-refractivity contribution is -0.0142. The van der Waals surface area contributed by atoms with Crippen LogP contribution in [-0.4, -0.2) is 35.8 Å². The first-order chi connectivity index (χ1) is 9.83. The summed E-state index contributed by atoms with van der Waals surface area (Å²) in [6, 6.07) is 0.977. The first-order valence-corrected chi connectivity index (χ1v) is 8.53. The monoisotopic (exact) mass is 278 g/mol. The van der Waals surface area contributed by atoms with Crippen molar-refractivity contribution in [2.45, 2.75) is 76.1 Å². The molecule has 20 heavy (non-hydrogen) atoms. The number of urea groups is 1. The molecule has 1 N–H and O–H groups in total. The number of fused-ring (bicyclic) bond motifs is 3. The van der Waals surface area contributed by atoms with Gasteiger partial charge in [-0.05, 0) is 38.0 Å². The van der Waals surface area contributed by atoms with Crippen LogP contribution >= 0.6 is 0 Å². The maximum atomic E-state index is 12.6. The Morgan fingerprint density at radius 2 is 1.80 bits per heavy atom. The molecule has 0 aromatic rings. The Bertz CT molecular complexity index is 381. The zero-order chi connectivity index (χ0) is 13.5. The number of hydrogen-bond acceptors (Lipinski definition) is 2. The van der Waals surface area contributed by atoms with Crippen molar-refractivity contribution in [2.24, 2.45) is 11.8 Å². The van der Waals surface area contributed by atoms with Gasteiger partial charge in [0.1, 0.15) is 6.23 Å². The SMILES string of the molecule is O=C1N[C@H](C2CCCCC2)OC[C@H]2C[C@H]3CCC[C@H]3N12. The molecule has 0 aromatic carbocycles. The van der Waals surface area contributed by atoms with Crippen LogP contribution in [-0.2, 0) is 4.74 Å². The highest BCUT2D eigenvalue weighted by molar-refractivity contribution is 5.76. The molecule has 0 radical (unpaired) electrons. The molecule has 4 fully saturated rings. The highest BCUT2D eigenvalue weighted by atomic mass is 16.5. The second kappa shape index (κ2) is 5.21. The predicted molar refractivity (Wildman–Crippen MR) is 76.2 cm³/mol. The van der Waals surface area contributed by atoms with E-state index in [1.807, 2.05) is 0 Å². The molecule has 0 bridgehead atoms. The molecule has 4 aliphatic rings. The minimum atomic E-state index is -0.0340. The molecular formula is C16H26N2O2. The Morgan fingerprint density at radius 1 is 1.00 bits per heavy atom. The van der Waals surface area contributed by atoms with E-state index >= 15 is 0 Å². The number of nitrogens with one attached hydrogen (secondary N) is 1. The molecule has 2 amide bonds. The summed E-state index contributed by atoms with van der Waals surface area (Å²) in [5.41, 5.74) is 0. The van der Waals surface area contributed by atoms with Crippen LogP contribution in [0.1, 0.15) is 57.8 Å². The first-order valence-electron chi connectivity index (χ1n) is 8.53. The van der Waals surface area contributed by atoms with Gasteiger partial charge in [-0.25, -0.2) is 4.79 Å². The van der Waals surface area contributed by atoms with Gasteiger partial charge in [0.15, 0.2) is 0 Å². The van der Waals surface area contributed by atoms with E-state index in [0.717, 1.165) is 18.9 Å². The molecule has 2 saturated carbocycles. The Hall–Kier alpha value is -0.770. The number of rotatable bonds is 1. The largest absolute Gasteiger partial charge is 0.356 e. The molecule has 4 heteroatoms. The van der Waals surface area contributed by atoms with Gasteiger partial charge < -0.3 is 15.0 Å². The molecule has 2 aliphatic carbocycles. The van der Waals surface area contributed by atoms with Crippen molar-refractivity contribution in [1.29, 1.82) is 0 Å². The molecule has 2 heterocycles. The fraction of sp³-hybridized carbons (Fsp3) is 0.938. The quantitative estimate of drug-likeness (QED) is 0.801. The van der Waals surface area contributed by atoms with Gasteiger partial charge >= 0.3 is 6.03 Å². The summed E-state index contributed by atoms with van der Waals surface area (Å²) in [6.45, 7) is 0.743. The summed E-state index contributed by atoms with van der Waals surface area (Å²) in [7, 11) is 0. The van der Waals surface area contributed by atoms with Gasteiger partial charge in [-0.1, -0.05) is 25.7 Å². The predicted octanol–water partition coefficient (Wildman–Crippen LogP) is 2.88. The van der Waals surface area contributed by atoms with E-state index in [4.69, 9.17) is 4.74 Å². The van der Waals surface area contributed by atoms with Crippen LogP contribution in [0.15, 0.2) is 0 Å². The molecular weight excluding hydrogens is 252 g/mol. The van der Waals surface area contributed by atoms with Gasteiger partial charge in [0.2, 0.25) is 0 Å². The highest BCUT2D eigenvalue weighted by Crippen LogP contribution is 2.42. The summed E-state index contributed by atoms with van der Waals surface area (Å²) < 4.78 is 6.12. The van der Waals surface area contributed by atoms with Gasteiger partial charge in [0.05, 0.1) is 12.6 Å². The third-order valence-corrected chi connectivity index (χ3v) is 5.99. The van der Waals surface area contributed by atoms with Gasteiger partial charge in [-0.2, -0.15) is 0 Å². The summed E-state index contributed by atoms with van der Waals surface area (Å²) >= 11 is 0. The Morgan fingerprint density at radius 3 is 2.65 bits per heavy atom. The molecule has 4 rings (SSSR count). The smallest absolute Gasteiger partial charge is 0.320 e. The van der Waals surface area contributed by atoms with Crippen LogP contribution < -0.4 is 5.32 Å². The van der Waals surface area contributed by atoms with E-state index < -0.39 is 0 Å². The Balaban J connectivity index is 1.47. The highest BCUT2D eigenvalue weighted by Gasteiger charge is 2.48. The van der Waals surface area contributed by atoms with E-state index in [1.165, 1.54) is 51.4 Å². The lowest BCUT2D eigenvalue weighted by atomic mass is 9.88. The van der Waals surface area contributed by atoms with Gasteiger partial charge in [0.25, 0.3) is 0 Å². The van der Waals surface area contributed by atoms with Crippen LogP contribution in [0.5, 0.6) is 0 Å². The van der Waals surface area contributed by atoms with Gasteiger partial charge in [-0.3, -0.25) is 0 Å². The minimum absolute atomic E-state index is 0.0340. The van der Waals surface area contributed by atoms with E-state index in [0.29, 0.717) is 18.0 Å². The normalized spacial score (nSPS) is 42.0. The number of ether oxygens (including phenoxy) is 1. The Labute approximate surface area is 121 Å². The fourth-order valence-corrected chi connectivity index (χ4v) is 5.00. The standard InChI is InChI=1S/C16H26N2O2/c19-16-17-15(11-5-2-1-3-6-11)20-10-13-9-12-7-4-8-14(12)18(13)16/h11-15H,1-10H2,(H,17,19)/t12-,13-,14-,15+/m1/s1. The third kappa shape index (κ3) is 2.12. The third-order valence-electron chi connectivity index (χ3n) is 5.99. The zero-order valence-corrected chi connectivity index (χ0v) is 12.2. The Kier molecular flexibility index (Phi) is 3.37. The fourth-order valence-electron chi connectivity index (χ4n) is 5.00. The lowest BCUT2D eigenvalue weighted by Gasteiger charge is -2.30. The number of hydrogen-bond donors (Lipinski definition) is 1. The molecule has 2 saturated heterocycles. The van der Waals surface area contributed by atoms with Crippen molar-refractivity contribution in [3.05, 3.63) is 0 Å². The van der Waals surface area contributed by atoms with Crippen molar-refractivity contribution in [3.8, 4) is 0 Å². The molecule has 0 spiro atoms. The van der Waals surface area contributed by atoms with Crippen molar-refractivity contribution in [1.82, 2.24) is 10.2 Å². The molecule has 0 aromatic heterocycles. The number of amides is 2. The molecule has 0 unspecified atom stereocenters. The second-order valence-electron chi connectivity index (χ2n) is 7.16. The van der Waals surface area contributed by atoms with Crippen molar-refractivity contribution in [3.63, 3.8) is 0 Å². The van der Waals surface area contributed by atoms with Crippen molar-refractivity contribution in [2.75, 3.05) is 6.61 Å². The second-order valence-corrected chi connectivity index (χ2v) is 7.16. The molecule has 112 valence electrons. The number of carbonyl (C=O) groups is 1. The lowest BCUT2D eigenvalue weighted by Crippen LogP contribution is -2.49. The van der Waals surface area contributed by atoms with Crippen LogP contribution in [0.2, 0.25) is 0 Å². The number of nitrogens with zero attached hydrogens (tertiary/aromatic N) is 1. The molecule has 4 atom stereocenters. The average Bonchev–Trinajstić information content (AvgIpc) is 3.00. The average molecular weight is 278 g/mol. The van der Waals surface area contributed by atoms with Gasteiger partial charge in [0, 0.05) is 12.0 Å².